The molecule has 26 heavy (non-hydrogen) atoms. The summed E-state index contributed by atoms with van der Waals surface area (Å²) in [5.74, 6) is 0.896. The molecular formula is C23H36LiNO. The standard InChI is InChI=1S/C23H36NO.Li/c1-17(2)19-11-10-12-20(18(3)4)21(19)24-16-23(15-22(5,6)25)13-8-7-9-14-23;/h10-12,16-18H,7-9,13-15H2,1-6H3;/q-1;+1. The number of rotatable bonds is 6. The molecule has 1 fully saturated rings. The van der Waals surface area contributed by atoms with Gasteiger partial charge < -0.3 is 5.11 Å². The minimum atomic E-state index is -0.901. The summed E-state index contributed by atoms with van der Waals surface area (Å²) in [4.78, 5) is 5.06. The van der Waals surface area contributed by atoms with Gasteiger partial charge in [0.1, 0.15) is 0 Å². The zero-order chi connectivity index (χ0) is 18.7. The van der Waals surface area contributed by atoms with E-state index >= 15 is 0 Å². The molecule has 2 nitrogen and oxygen atoms in total. The fraction of sp³-hybridized carbons (Fsp3) is 0.696. The zero-order valence-electron chi connectivity index (χ0n) is 18.1. The summed E-state index contributed by atoms with van der Waals surface area (Å²) in [5, 5.41) is 12.5. The van der Waals surface area contributed by atoms with Crippen molar-refractivity contribution in [3.8, 4) is 0 Å². The van der Waals surface area contributed by atoms with Crippen molar-refractivity contribution in [3.63, 3.8) is 0 Å². The van der Waals surface area contributed by atoms with E-state index in [0.717, 1.165) is 18.5 Å². The van der Waals surface area contributed by atoms with Crippen molar-refractivity contribution in [3.05, 3.63) is 29.3 Å². The third-order valence-electron chi connectivity index (χ3n) is 5.44. The summed E-state index contributed by atoms with van der Waals surface area (Å²) in [6, 6.07) is 6.56. The first kappa shape index (κ1) is 23.5. The molecule has 0 heterocycles. The van der Waals surface area contributed by atoms with Gasteiger partial charge in [0.05, 0.1) is 5.69 Å². The van der Waals surface area contributed by atoms with Crippen LogP contribution in [0.1, 0.15) is 103 Å². The second-order valence-corrected chi connectivity index (χ2v) is 9.21. The number of benzene rings is 1. The molecule has 140 valence electrons. The molecule has 1 aliphatic rings. The molecule has 0 aliphatic heterocycles. The topological polar surface area (TPSA) is 35.4 Å². The van der Waals surface area contributed by atoms with E-state index in [0.29, 0.717) is 18.3 Å². The molecule has 2 rings (SSSR count). The van der Waals surface area contributed by atoms with Gasteiger partial charge in [0, 0.05) is 11.6 Å². The molecule has 0 saturated heterocycles. The molecule has 1 aromatic rings. The van der Waals surface area contributed by atoms with Crippen LogP contribution in [0, 0.1) is 5.41 Å². The van der Waals surface area contributed by atoms with Crippen LogP contribution in [0.4, 0.5) is 5.69 Å². The first-order valence-corrected chi connectivity index (χ1v) is 10.0. The van der Waals surface area contributed by atoms with Gasteiger partial charge in [-0.25, -0.2) is 0 Å². The molecule has 0 amide bonds. The van der Waals surface area contributed by atoms with Crippen LogP contribution in [0.25, 0.3) is 0 Å². The van der Waals surface area contributed by atoms with Gasteiger partial charge >= 0.3 is 18.9 Å². The van der Waals surface area contributed by atoms with Crippen LogP contribution in [0.3, 0.4) is 0 Å². The van der Waals surface area contributed by atoms with Crippen molar-refractivity contribution in [2.24, 2.45) is 10.4 Å². The fourth-order valence-electron chi connectivity index (χ4n) is 4.32. The van der Waals surface area contributed by atoms with Gasteiger partial charge in [0.25, 0.3) is 0 Å². The van der Waals surface area contributed by atoms with Crippen molar-refractivity contribution in [2.75, 3.05) is 0 Å². The molecule has 0 radical (unpaired) electrons. The van der Waals surface area contributed by atoms with Crippen molar-refractivity contribution >= 4 is 11.9 Å². The SMILES string of the molecule is CC(C)c1cccc(C(C)C)c1N=CC1(CC(C)(C)[O-])CCCCC1.[Li+]. The predicted molar refractivity (Wildman–Crippen MR) is 107 cm³/mol. The summed E-state index contributed by atoms with van der Waals surface area (Å²) < 4.78 is 0. The number of nitrogens with zero attached hydrogens (tertiary/aromatic N) is 1. The number of hydrogen-bond acceptors (Lipinski definition) is 2. The molecule has 0 unspecified atom stereocenters. The first-order valence-electron chi connectivity index (χ1n) is 10.0. The Balaban J connectivity index is 0.00000338. The van der Waals surface area contributed by atoms with Gasteiger partial charge in [0.2, 0.25) is 0 Å². The van der Waals surface area contributed by atoms with Gasteiger partial charge in [-0.2, -0.15) is 0 Å². The Morgan fingerprint density at radius 3 is 1.96 bits per heavy atom. The van der Waals surface area contributed by atoms with E-state index in [-0.39, 0.29) is 24.3 Å². The molecule has 0 bridgehead atoms. The second-order valence-electron chi connectivity index (χ2n) is 9.21. The van der Waals surface area contributed by atoms with E-state index in [9.17, 15) is 5.11 Å². The third-order valence-corrected chi connectivity index (χ3v) is 5.44. The fourth-order valence-corrected chi connectivity index (χ4v) is 4.32. The largest absolute Gasteiger partial charge is 1.00 e. The zero-order valence-corrected chi connectivity index (χ0v) is 18.1. The second kappa shape index (κ2) is 9.58. The van der Waals surface area contributed by atoms with Crippen LogP contribution in [-0.2, 0) is 0 Å². The maximum absolute atomic E-state index is 12.5. The summed E-state index contributed by atoms with van der Waals surface area (Å²) in [6.45, 7) is 12.6. The van der Waals surface area contributed by atoms with Crippen LogP contribution in [-0.4, -0.2) is 11.8 Å². The average Bonchev–Trinajstić information content (AvgIpc) is 2.51. The number of aliphatic imine (C=N–C) groups is 1. The van der Waals surface area contributed by atoms with Gasteiger partial charge in [-0.05, 0) is 35.8 Å². The maximum Gasteiger partial charge on any atom is 1.00 e. The third kappa shape index (κ3) is 6.26. The van der Waals surface area contributed by atoms with Gasteiger partial charge in [0.15, 0.2) is 0 Å². The Morgan fingerprint density at radius 2 is 1.54 bits per heavy atom. The molecule has 1 aromatic carbocycles. The van der Waals surface area contributed by atoms with Crippen molar-refractivity contribution in [1.82, 2.24) is 0 Å². The quantitative estimate of drug-likeness (QED) is 0.574. The van der Waals surface area contributed by atoms with Crippen LogP contribution < -0.4 is 24.0 Å². The Labute approximate surface area is 173 Å². The Kier molecular flexibility index (Phi) is 8.66. The minimum absolute atomic E-state index is 0. The molecule has 0 atom stereocenters. The maximum atomic E-state index is 12.5. The van der Waals surface area contributed by atoms with Gasteiger partial charge in [-0.1, -0.05) is 85.4 Å². The number of para-hydroxylation sites is 1. The smallest absolute Gasteiger partial charge is 0.850 e. The van der Waals surface area contributed by atoms with E-state index < -0.39 is 5.60 Å². The van der Waals surface area contributed by atoms with Crippen molar-refractivity contribution < 1.29 is 24.0 Å². The van der Waals surface area contributed by atoms with Crippen LogP contribution in [0.5, 0.6) is 0 Å². The van der Waals surface area contributed by atoms with E-state index in [2.05, 4.69) is 52.1 Å². The molecule has 0 N–H and O–H groups in total. The van der Waals surface area contributed by atoms with Gasteiger partial charge in [-0.3, -0.25) is 4.99 Å². The van der Waals surface area contributed by atoms with Crippen LogP contribution in [0.2, 0.25) is 0 Å². The summed E-state index contributed by atoms with van der Waals surface area (Å²) >= 11 is 0. The summed E-state index contributed by atoms with van der Waals surface area (Å²) in [5.41, 5.74) is 2.84. The van der Waals surface area contributed by atoms with Crippen LogP contribution >= 0.6 is 0 Å². The number of hydrogen-bond donors (Lipinski definition) is 0. The molecule has 3 heteroatoms. The molecular weight excluding hydrogens is 313 g/mol. The Morgan fingerprint density at radius 1 is 1.04 bits per heavy atom. The van der Waals surface area contributed by atoms with E-state index in [1.165, 1.54) is 30.4 Å². The molecule has 0 aromatic heterocycles. The first-order chi connectivity index (χ1) is 11.6. The normalized spacial score (nSPS) is 17.7. The average molecular weight is 349 g/mol. The Hall–Kier alpha value is -0.553. The molecule has 1 saturated carbocycles. The monoisotopic (exact) mass is 349 g/mol. The van der Waals surface area contributed by atoms with Gasteiger partial charge in [-0.15, -0.1) is 5.60 Å². The van der Waals surface area contributed by atoms with Crippen LogP contribution in [0.15, 0.2) is 23.2 Å². The van der Waals surface area contributed by atoms with Crippen molar-refractivity contribution in [1.29, 1.82) is 0 Å². The molecule has 1 aliphatic carbocycles. The van der Waals surface area contributed by atoms with E-state index in [1.54, 1.807) is 0 Å². The minimum Gasteiger partial charge on any atom is -0.850 e. The van der Waals surface area contributed by atoms with Crippen molar-refractivity contribution in [2.45, 2.75) is 97.5 Å². The van der Waals surface area contributed by atoms with E-state index in [4.69, 9.17) is 4.99 Å². The Bertz CT molecular complexity index is 566. The summed E-state index contributed by atoms with van der Waals surface area (Å²) in [7, 11) is 0. The molecule has 0 spiro atoms. The van der Waals surface area contributed by atoms with E-state index in [1.807, 2.05) is 13.8 Å². The summed E-state index contributed by atoms with van der Waals surface area (Å²) in [6.07, 6.45) is 8.76. The predicted octanol–water partition coefficient (Wildman–Crippen LogP) is 3.12.